The Morgan fingerprint density at radius 1 is 1.17 bits per heavy atom. The van der Waals surface area contributed by atoms with Crippen molar-refractivity contribution in [3.63, 3.8) is 0 Å². The van der Waals surface area contributed by atoms with Gasteiger partial charge in [0.05, 0.1) is 4.47 Å². The van der Waals surface area contributed by atoms with E-state index in [0.717, 1.165) is 20.6 Å². The van der Waals surface area contributed by atoms with Crippen molar-refractivity contribution in [2.75, 3.05) is 0 Å². The first kappa shape index (κ1) is 11.7. The van der Waals surface area contributed by atoms with Gasteiger partial charge in [0.25, 0.3) is 0 Å². The summed E-state index contributed by atoms with van der Waals surface area (Å²) in [6.07, 6.45) is 1.79. The molecule has 0 unspecified atom stereocenters. The minimum atomic E-state index is 0.509. The van der Waals surface area contributed by atoms with Crippen molar-refractivity contribution in [2.45, 2.75) is 6.61 Å². The molecule has 0 spiro atoms. The van der Waals surface area contributed by atoms with Crippen molar-refractivity contribution in [1.29, 1.82) is 0 Å². The van der Waals surface area contributed by atoms with Gasteiger partial charge in [0.1, 0.15) is 17.4 Å². The largest absolute Gasteiger partial charge is 0.485 e. The lowest BCUT2D eigenvalue weighted by Gasteiger charge is -2.09. The van der Waals surface area contributed by atoms with Gasteiger partial charge in [0.15, 0.2) is 0 Å². The van der Waals surface area contributed by atoms with E-state index in [-0.39, 0.29) is 0 Å². The van der Waals surface area contributed by atoms with Gasteiger partial charge in [-0.15, -0.1) is 11.3 Å². The Morgan fingerprint density at radius 3 is 2.89 bits per heavy atom. The van der Waals surface area contributed by atoms with E-state index in [1.165, 1.54) is 5.39 Å². The minimum absolute atomic E-state index is 0.509. The number of rotatable bonds is 3. The third kappa shape index (κ3) is 2.26. The second kappa shape index (κ2) is 5.08. The van der Waals surface area contributed by atoms with E-state index in [4.69, 9.17) is 4.74 Å². The summed E-state index contributed by atoms with van der Waals surface area (Å²) < 4.78 is 6.79. The Hall–Kier alpha value is -1.39. The van der Waals surface area contributed by atoms with Crippen LogP contribution in [0.3, 0.4) is 0 Å². The van der Waals surface area contributed by atoms with E-state index in [9.17, 15) is 0 Å². The normalized spacial score (nSPS) is 10.7. The van der Waals surface area contributed by atoms with Gasteiger partial charge in [-0.1, -0.05) is 30.3 Å². The summed E-state index contributed by atoms with van der Waals surface area (Å²) >= 11 is 5.20. The third-order valence-electron chi connectivity index (χ3n) is 2.66. The van der Waals surface area contributed by atoms with E-state index >= 15 is 0 Å². The highest BCUT2D eigenvalue weighted by Crippen LogP contribution is 2.33. The Bertz CT molecular complexity index is 667. The topological polar surface area (TPSA) is 22.1 Å². The number of hydrogen-bond donors (Lipinski definition) is 0. The van der Waals surface area contributed by atoms with Crippen molar-refractivity contribution in [3.8, 4) is 5.75 Å². The molecule has 0 saturated heterocycles. The fourth-order valence-corrected chi connectivity index (χ4v) is 2.92. The quantitative estimate of drug-likeness (QED) is 0.701. The summed E-state index contributed by atoms with van der Waals surface area (Å²) in [5, 5.41) is 5.30. The van der Waals surface area contributed by atoms with Gasteiger partial charge >= 0.3 is 0 Å². The molecule has 0 aliphatic carbocycles. The van der Waals surface area contributed by atoms with Crippen molar-refractivity contribution in [2.24, 2.45) is 0 Å². The van der Waals surface area contributed by atoms with E-state index < -0.39 is 0 Å². The molecule has 0 amide bonds. The number of hydrogen-bond acceptors (Lipinski definition) is 3. The van der Waals surface area contributed by atoms with Crippen LogP contribution in [0.15, 0.2) is 52.4 Å². The van der Waals surface area contributed by atoms with Gasteiger partial charge in [0.2, 0.25) is 0 Å². The van der Waals surface area contributed by atoms with Gasteiger partial charge in [-0.25, -0.2) is 4.98 Å². The number of ether oxygens (including phenoxy) is 1. The van der Waals surface area contributed by atoms with Crippen molar-refractivity contribution < 1.29 is 4.74 Å². The van der Waals surface area contributed by atoms with Crippen molar-refractivity contribution in [1.82, 2.24) is 4.98 Å². The van der Waals surface area contributed by atoms with Gasteiger partial charge in [0, 0.05) is 11.6 Å². The van der Waals surface area contributed by atoms with Crippen LogP contribution in [0.4, 0.5) is 0 Å². The number of nitrogens with zero attached hydrogens (tertiary/aromatic N) is 1. The maximum atomic E-state index is 5.79. The third-order valence-corrected chi connectivity index (χ3v) is 4.23. The van der Waals surface area contributed by atoms with E-state index in [1.54, 1.807) is 17.5 Å². The SMILES string of the molecule is Brc1c(OCc2nccs2)ccc2ccccc12. The van der Waals surface area contributed by atoms with Gasteiger partial charge < -0.3 is 4.74 Å². The van der Waals surface area contributed by atoms with Crippen LogP contribution < -0.4 is 4.74 Å². The van der Waals surface area contributed by atoms with E-state index in [1.807, 2.05) is 23.6 Å². The fraction of sp³-hybridized carbons (Fsp3) is 0.0714. The number of fused-ring (bicyclic) bond motifs is 1. The van der Waals surface area contributed by atoms with Crippen LogP contribution in [0.5, 0.6) is 5.75 Å². The molecule has 0 N–H and O–H groups in total. The molecule has 4 heteroatoms. The first-order valence-corrected chi connectivity index (χ1v) is 7.20. The Balaban J connectivity index is 1.90. The molecule has 1 heterocycles. The van der Waals surface area contributed by atoms with Crippen LogP contribution in [-0.2, 0) is 6.61 Å². The summed E-state index contributed by atoms with van der Waals surface area (Å²) in [6, 6.07) is 12.3. The predicted octanol–water partition coefficient (Wildman–Crippen LogP) is 4.64. The molecule has 0 aliphatic heterocycles. The number of benzene rings is 2. The lowest BCUT2D eigenvalue weighted by Crippen LogP contribution is -1.95. The van der Waals surface area contributed by atoms with Crippen LogP contribution in [0, 0.1) is 0 Å². The van der Waals surface area contributed by atoms with Gasteiger partial charge in [-0.3, -0.25) is 0 Å². The molecule has 0 aliphatic rings. The molecule has 0 saturated carbocycles. The highest BCUT2D eigenvalue weighted by Gasteiger charge is 2.06. The molecule has 0 bridgehead atoms. The van der Waals surface area contributed by atoms with E-state index in [2.05, 4.69) is 39.1 Å². The molecular formula is C14H10BrNOS. The lowest BCUT2D eigenvalue weighted by atomic mass is 10.1. The smallest absolute Gasteiger partial charge is 0.140 e. The second-order valence-electron chi connectivity index (χ2n) is 3.81. The maximum Gasteiger partial charge on any atom is 0.140 e. The molecule has 90 valence electrons. The minimum Gasteiger partial charge on any atom is -0.485 e. The fourth-order valence-electron chi connectivity index (χ4n) is 1.79. The summed E-state index contributed by atoms with van der Waals surface area (Å²) in [5.41, 5.74) is 0. The van der Waals surface area contributed by atoms with Crippen LogP contribution in [0.25, 0.3) is 10.8 Å². The standard InChI is InChI=1S/C14H10BrNOS/c15-14-11-4-2-1-3-10(11)5-6-12(14)17-9-13-16-7-8-18-13/h1-8H,9H2. The Kier molecular flexibility index (Phi) is 3.30. The molecule has 2 nitrogen and oxygen atoms in total. The van der Waals surface area contributed by atoms with Crippen LogP contribution in [-0.4, -0.2) is 4.98 Å². The second-order valence-corrected chi connectivity index (χ2v) is 5.59. The average molecular weight is 320 g/mol. The summed E-state index contributed by atoms with van der Waals surface area (Å²) in [7, 11) is 0. The molecule has 0 radical (unpaired) electrons. The Morgan fingerprint density at radius 2 is 2.06 bits per heavy atom. The monoisotopic (exact) mass is 319 g/mol. The van der Waals surface area contributed by atoms with Crippen LogP contribution in [0.2, 0.25) is 0 Å². The first-order valence-electron chi connectivity index (χ1n) is 5.53. The number of halogens is 1. The van der Waals surface area contributed by atoms with Crippen molar-refractivity contribution in [3.05, 3.63) is 57.5 Å². The summed E-state index contributed by atoms with van der Waals surface area (Å²) in [4.78, 5) is 4.20. The van der Waals surface area contributed by atoms with Gasteiger partial charge in [-0.2, -0.15) is 0 Å². The van der Waals surface area contributed by atoms with Crippen LogP contribution >= 0.6 is 27.3 Å². The maximum absolute atomic E-state index is 5.79. The molecule has 1 aromatic heterocycles. The molecule has 0 atom stereocenters. The molecule has 2 aromatic carbocycles. The zero-order chi connectivity index (χ0) is 12.4. The van der Waals surface area contributed by atoms with Crippen LogP contribution in [0.1, 0.15) is 5.01 Å². The van der Waals surface area contributed by atoms with E-state index in [0.29, 0.717) is 6.61 Å². The first-order chi connectivity index (χ1) is 8.84. The number of aromatic nitrogens is 1. The molecule has 3 aromatic rings. The predicted molar refractivity (Wildman–Crippen MR) is 78.1 cm³/mol. The summed E-state index contributed by atoms with van der Waals surface area (Å²) in [5.74, 6) is 0.851. The van der Waals surface area contributed by atoms with Gasteiger partial charge in [-0.05, 0) is 32.8 Å². The van der Waals surface area contributed by atoms with Crippen molar-refractivity contribution >= 4 is 38.0 Å². The average Bonchev–Trinajstić information content (AvgIpc) is 2.91. The Labute approximate surface area is 117 Å². The highest BCUT2D eigenvalue weighted by atomic mass is 79.9. The molecular weight excluding hydrogens is 310 g/mol. The lowest BCUT2D eigenvalue weighted by molar-refractivity contribution is 0.304. The molecule has 3 rings (SSSR count). The summed E-state index contributed by atoms with van der Waals surface area (Å²) in [6.45, 7) is 0.509. The zero-order valence-corrected chi connectivity index (χ0v) is 11.9. The number of thiazole rings is 1. The molecule has 18 heavy (non-hydrogen) atoms. The zero-order valence-electron chi connectivity index (χ0n) is 9.47. The highest BCUT2D eigenvalue weighted by molar-refractivity contribution is 9.10. The molecule has 0 fully saturated rings.